The van der Waals surface area contributed by atoms with Crippen LogP contribution in [0, 0.1) is 17.8 Å². The molecule has 3 nitrogen and oxygen atoms in total. The van der Waals surface area contributed by atoms with Crippen molar-refractivity contribution in [1.82, 2.24) is 5.32 Å². The normalized spacial score (nSPS) is 20.4. The maximum absolute atomic E-state index is 12.2. The van der Waals surface area contributed by atoms with Crippen LogP contribution in [0.25, 0.3) is 0 Å². The number of carbonyl (C=O) groups is 1. The molecule has 1 saturated carbocycles. The lowest BCUT2D eigenvalue weighted by Gasteiger charge is -2.25. The molecular weight excluding hydrogens is 248 g/mol. The third kappa shape index (κ3) is 6.74. The lowest BCUT2D eigenvalue weighted by molar-refractivity contribution is -0.123. The van der Waals surface area contributed by atoms with E-state index >= 15 is 0 Å². The van der Waals surface area contributed by atoms with Gasteiger partial charge in [-0.3, -0.25) is 4.79 Å². The molecule has 0 heterocycles. The van der Waals surface area contributed by atoms with Crippen molar-refractivity contribution in [3.05, 3.63) is 0 Å². The zero-order valence-electron chi connectivity index (χ0n) is 13.7. The molecule has 1 aliphatic carbocycles. The van der Waals surface area contributed by atoms with Crippen LogP contribution in [0.3, 0.4) is 0 Å². The van der Waals surface area contributed by atoms with Crippen molar-refractivity contribution in [2.24, 2.45) is 23.5 Å². The molecule has 0 aliphatic heterocycles. The molecule has 20 heavy (non-hydrogen) atoms. The van der Waals surface area contributed by atoms with Crippen molar-refractivity contribution in [1.29, 1.82) is 0 Å². The molecule has 0 aromatic heterocycles. The molecule has 0 saturated heterocycles. The van der Waals surface area contributed by atoms with E-state index in [1.807, 2.05) is 0 Å². The molecule has 0 aromatic carbocycles. The average Bonchev–Trinajstić information content (AvgIpc) is 2.66. The quantitative estimate of drug-likeness (QED) is 0.702. The molecule has 0 spiro atoms. The molecule has 0 aromatic rings. The van der Waals surface area contributed by atoms with Crippen LogP contribution in [0.4, 0.5) is 0 Å². The summed E-state index contributed by atoms with van der Waals surface area (Å²) in [7, 11) is 0. The van der Waals surface area contributed by atoms with Crippen LogP contribution in [0.1, 0.15) is 72.1 Å². The first-order valence-corrected chi connectivity index (χ1v) is 8.52. The first-order valence-electron chi connectivity index (χ1n) is 8.52. The fourth-order valence-electron chi connectivity index (χ4n) is 3.43. The SMILES string of the molecule is CC(C)CC(CN)CC(=O)N[C@H](C)C1CCCCCC1. The third-order valence-corrected chi connectivity index (χ3v) is 4.61. The van der Waals surface area contributed by atoms with Gasteiger partial charge in [-0.25, -0.2) is 0 Å². The van der Waals surface area contributed by atoms with Crippen LogP contribution in [0.5, 0.6) is 0 Å². The van der Waals surface area contributed by atoms with E-state index in [2.05, 4.69) is 26.1 Å². The smallest absolute Gasteiger partial charge is 0.220 e. The highest BCUT2D eigenvalue weighted by Gasteiger charge is 2.22. The number of rotatable bonds is 7. The van der Waals surface area contributed by atoms with Crippen molar-refractivity contribution in [3.63, 3.8) is 0 Å². The van der Waals surface area contributed by atoms with E-state index in [0.29, 0.717) is 36.8 Å². The third-order valence-electron chi connectivity index (χ3n) is 4.61. The molecule has 118 valence electrons. The zero-order valence-corrected chi connectivity index (χ0v) is 13.7. The molecule has 3 N–H and O–H groups in total. The van der Waals surface area contributed by atoms with E-state index in [-0.39, 0.29) is 5.91 Å². The summed E-state index contributed by atoms with van der Waals surface area (Å²) in [6, 6.07) is 0.318. The van der Waals surface area contributed by atoms with Crippen LogP contribution < -0.4 is 11.1 Å². The van der Waals surface area contributed by atoms with E-state index in [9.17, 15) is 4.79 Å². The number of nitrogens with one attached hydrogen (secondary N) is 1. The number of nitrogens with two attached hydrogens (primary N) is 1. The van der Waals surface area contributed by atoms with Gasteiger partial charge in [0.25, 0.3) is 0 Å². The van der Waals surface area contributed by atoms with E-state index < -0.39 is 0 Å². The van der Waals surface area contributed by atoms with Gasteiger partial charge in [0.05, 0.1) is 0 Å². The molecule has 3 heteroatoms. The van der Waals surface area contributed by atoms with E-state index in [1.165, 1.54) is 38.5 Å². The van der Waals surface area contributed by atoms with Crippen molar-refractivity contribution in [3.8, 4) is 0 Å². The Morgan fingerprint density at radius 2 is 1.75 bits per heavy atom. The highest BCUT2D eigenvalue weighted by Crippen LogP contribution is 2.25. The van der Waals surface area contributed by atoms with Gasteiger partial charge in [0.2, 0.25) is 5.91 Å². The summed E-state index contributed by atoms with van der Waals surface area (Å²) in [5.74, 6) is 1.80. The van der Waals surface area contributed by atoms with Gasteiger partial charge in [0, 0.05) is 12.5 Å². The zero-order chi connectivity index (χ0) is 15.0. The molecule has 1 unspecified atom stereocenters. The standard InChI is InChI=1S/C17H34N2O/c1-13(2)10-15(12-18)11-17(20)19-14(3)16-8-6-4-5-7-9-16/h13-16H,4-12,18H2,1-3H3,(H,19,20)/t14-,15?/m1/s1. The van der Waals surface area contributed by atoms with Gasteiger partial charge in [-0.15, -0.1) is 0 Å². The van der Waals surface area contributed by atoms with Gasteiger partial charge in [-0.1, -0.05) is 39.5 Å². The van der Waals surface area contributed by atoms with Crippen molar-refractivity contribution in [2.45, 2.75) is 78.2 Å². The highest BCUT2D eigenvalue weighted by molar-refractivity contribution is 5.76. The van der Waals surface area contributed by atoms with Crippen molar-refractivity contribution >= 4 is 5.91 Å². The molecule has 1 fully saturated rings. The van der Waals surface area contributed by atoms with Gasteiger partial charge in [-0.05, 0) is 50.5 Å². The number of carbonyl (C=O) groups excluding carboxylic acids is 1. The van der Waals surface area contributed by atoms with Crippen LogP contribution in [-0.4, -0.2) is 18.5 Å². The molecule has 2 atom stereocenters. The molecule has 1 aliphatic rings. The summed E-state index contributed by atoms with van der Waals surface area (Å²) in [4.78, 5) is 12.2. The van der Waals surface area contributed by atoms with Crippen LogP contribution in [0.2, 0.25) is 0 Å². The summed E-state index contributed by atoms with van der Waals surface area (Å²) in [6.45, 7) is 7.17. The Balaban J connectivity index is 2.35. The predicted molar refractivity (Wildman–Crippen MR) is 85.4 cm³/mol. The highest BCUT2D eigenvalue weighted by atomic mass is 16.1. The first kappa shape index (κ1) is 17.5. The van der Waals surface area contributed by atoms with Crippen molar-refractivity contribution < 1.29 is 4.79 Å². The maximum atomic E-state index is 12.2. The minimum atomic E-state index is 0.192. The molecular formula is C17H34N2O. The summed E-state index contributed by atoms with van der Waals surface area (Å²) < 4.78 is 0. The maximum Gasteiger partial charge on any atom is 0.220 e. The summed E-state index contributed by atoms with van der Waals surface area (Å²) >= 11 is 0. The number of amides is 1. The molecule has 0 bridgehead atoms. The van der Waals surface area contributed by atoms with Gasteiger partial charge >= 0.3 is 0 Å². The Morgan fingerprint density at radius 1 is 1.15 bits per heavy atom. The van der Waals surface area contributed by atoms with Crippen molar-refractivity contribution in [2.75, 3.05) is 6.54 Å². The monoisotopic (exact) mass is 282 g/mol. The van der Waals surface area contributed by atoms with Gasteiger partial charge in [0.15, 0.2) is 0 Å². The second-order valence-corrected chi connectivity index (χ2v) is 7.04. The number of hydrogen-bond acceptors (Lipinski definition) is 2. The van der Waals surface area contributed by atoms with Crippen LogP contribution in [0.15, 0.2) is 0 Å². The molecule has 0 radical (unpaired) electrons. The largest absolute Gasteiger partial charge is 0.353 e. The minimum absolute atomic E-state index is 0.192. The Bertz CT molecular complexity index is 270. The van der Waals surface area contributed by atoms with Crippen LogP contribution >= 0.6 is 0 Å². The molecule has 1 amide bonds. The second kappa shape index (κ2) is 9.38. The Hall–Kier alpha value is -0.570. The second-order valence-electron chi connectivity index (χ2n) is 7.04. The minimum Gasteiger partial charge on any atom is -0.353 e. The average molecular weight is 282 g/mol. The lowest BCUT2D eigenvalue weighted by Crippen LogP contribution is -2.39. The Labute approximate surface area is 125 Å². The van der Waals surface area contributed by atoms with Gasteiger partial charge in [0.1, 0.15) is 0 Å². The van der Waals surface area contributed by atoms with E-state index in [0.717, 1.165) is 6.42 Å². The topological polar surface area (TPSA) is 55.1 Å². The fourth-order valence-corrected chi connectivity index (χ4v) is 3.43. The van der Waals surface area contributed by atoms with E-state index in [4.69, 9.17) is 5.73 Å². The van der Waals surface area contributed by atoms with Gasteiger partial charge < -0.3 is 11.1 Å². The van der Waals surface area contributed by atoms with Crippen LogP contribution in [-0.2, 0) is 4.79 Å². The summed E-state index contributed by atoms with van der Waals surface area (Å²) in [6.07, 6.45) is 9.55. The summed E-state index contributed by atoms with van der Waals surface area (Å²) in [5.41, 5.74) is 5.78. The predicted octanol–water partition coefficient (Wildman–Crippen LogP) is 3.47. The lowest BCUT2D eigenvalue weighted by atomic mass is 9.91. The number of hydrogen-bond donors (Lipinski definition) is 2. The Kier molecular flexibility index (Phi) is 8.20. The fraction of sp³-hybridized carbons (Fsp3) is 0.941. The van der Waals surface area contributed by atoms with Gasteiger partial charge in [-0.2, -0.15) is 0 Å². The molecule has 1 rings (SSSR count). The summed E-state index contributed by atoms with van der Waals surface area (Å²) in [5, 5.41) is 3.22. The Morgan fingerprint density at radius 3 is 2.25 bits per heavy atom. The first-order chi connectivity index (χ1) is 9.52. The van der Waals surface area contributed by atoms with E-state index in [1.54, 1.807) is 0 Å².